The number of carbonyl (C=O) groups excluding carboxylic acids is 2. The summed E-state index contributed by atoms with van der Waals surface area (Å²) in [7, 11) is 0. The van der Waals surface area contributed by atoms with E-state index in [0.717, 1.165) is 58.4 Å². The maximum absolute atomic E-state index is 14.4. The van der Waals surface area contributed by atoms with Crippen molar-refractivity contribution < 1.29 is 27.2 Å². The van der Waals surface area contributed by atoms with E-state index >= 15 is 0 Å². The van der Waals surface area contributed by atoms with Crippen LogP contribution >= 0.6 is 0 Å². The molecule has 1 unspecified atom stereocenters. The van der Waals surface area contributed by atoms with Crippen LogP contribution in [0.5, 0.6) is 0 Å². The minimum Gasteiger partial charge on any atom is -0.338 e. The Labute approximate surface area is 349 Å². The van der Waals surface area contributed by atoms with Crippen molar-refractivity contribution in [2.75, 3.05) is 19.6 Å². The number of fused-ring (bicyclic) bond motifs is 4. The molecule has 1 aliphatic carbocycles. The fraction of sp³-hybridized carbons (Fsp3) is 0.265. The second kappa shape index (κ2) is 16.5. The van der Waals surface area contributed by atoms with Crippen LogP contribution in [0.2, 0.25) is 0 Å². The van der Waals surface area contributed by atoms with Gasteiger partial charge in [0.2, 0.25) is 11.8 Å². The Morgan fingerprint density at radius 2 is 1.21 bits per heavy atom. The van der Waals surface area contributed by atoms with E-state index < -0.39 is 34.4 Å². The molecule has 4 heterocycles. The molecule has 1 saturated heterocycles. The van der Waals surface area contributed by atoms with Crippen molar-refractivity contribution in [1.82, 2.24) is 19.8 Å². The number of rotatable bonds is 6. The SMILES string of the molecule is Cc1ccccc1C1=CC2C[C@H]1N(C(=O)Cc1c(C)c3c(F)c(F)ccc3[nH]c1=O)C2.Cc1ccccc1C1=CCCN(C(=O)Cc2c(C)c3c(F)c(F)ccc3[nH]c2=O)C1. The van der Waals surface area contributed by atoms with Gasteiger partial charge < -0.3 is 19.8 Å². The molecule has 12 heteroatoms. The molecule has 0 spiro atoms. The van der Waals surface area contributed by atoms with Gasteiger partial charge in [0.05, 0.1) is 29.9 Å². The van der Waals surface area contributed by atoms with Crippen molar-refractivity contribution in [3.05, 3.63) is 173 Å². The van der Waals surface area contributed by atoms with Gasteiger partial charge in [-0.15, -0.1) is 0 Å². The van der Waals surface area contributed by atoms with Crippen molar-refractivity contribution >= 4 is 44.8 Å². The van der Waals surface area contributed by atoms with Crippen LogP contribution < -0.4 is 11.1 Å². The first kappa shape index (κ1) is 41.2. The van der Waals surface area contributed by atoms with Gasteiger partial charge in [-0.25, -0.2) is 17.6 Å². The Kier molecular flexibility index (Phi) is 11.1. The summed E-state index contributed by atoms with van der Waals surface area (Å²) in [5.74, 6) is -4.08. The largest absolute Gasteiger partial charge is 0.338 e. The lowest BCUT2D eigenvalue weighted by molar-refractivity contribution is -0.131. The molecule has 3 aliphatic rings. The monoisotopic (exact) mass is 828 g/mol. The molecule has 2 amide bonds. The van der Waals surface area contributed by atoms with Gasteiger partial charge in [-0.2, -0.15) is 0 Å². The van der Waals surface area contributed by atoms with Crippen LogP contribution in [0.4, 0.5) is 17.6 Å². The Hall–Kier alpha value is -6.56. The van der Waals surface area contributed by atoms with E-state index in [1.807, 2.05) is 48.2 Å². The van der Waals surface area contributed by atoms with E-state index in [1.54, 1.807) is 18.7 Å². The zero-order valence-electron chi connectivity index (χ0n) is 34.2. The molecule has 0 saturated carbocycles. The molecule has 2 atom stereocenters. The number of likely N-dealkylation sites (tertiary alicyclic amines) is 1. The van der Waals surface area contributed by atoms with Gasteiger partial charge in [0.1, 0.15) is 0 Å². The Morgan fingerprint density at radius 1 is 0.689 bits per heavy atom. The van der Waals surface area contributed by atoms with Gasteiger partial charge in [0.15, 0.2) is 23.3 Å². The van der Waals surface area contributed by atoms with Crippen molar-refractivity contribution in [3.63, 3.8) is 0 Å². The van der Waals surface area contributed by atoms with Crippen LogP contribution in [-0.2, 0) is 22.4 Å². The number of aryl methyl sites for hydroxylation is 4. The second-order valence-corrected chi connectivity index (χ2v) is 16.2. The highest BCUT2D eigenvalue weighted by Crippen LogP contribution is 2.43. The highest BCUT2D eigenvalue weighted by molar-refractivity contribution is 5.89. The third kappa shape index (κ3) is 7.71. The molecule has 61 heavy (non-hydrogen) atoms. The maximum Gasteiger partial charge on any atom is 0.252 e. The Bertz CT molecular complexity index is 2970. The first-order chi connectivity index (χ1) is 29.2. The molecule has 2 bridgehead atoms. The number of halogens is 4. The number of benzene rings is 4. The molecule has 9 rings (SSSR count). The summed E-state index contributed by atoms with van der Waals surface area (Å²) in [6, 6.07) is 20.7. The summed E-state index contributed by atoms with van der Waals surface area (Å²) in [5.41, 5.74) is 7.28. The van der Waals surface area contributed by atoms with E-state index in [2.05, 4.69) is 41.2 Å². The number of nitrogens with one attached hydrogen (secondary N) is 2. The topological polar surface area (TPSA) is 106 Å². The second-order valence-electron chi connectivity index (χ2n) is 16.2. The lowest BCUT2D eigenvalue weighted by Gasteiger charge is -2.29. The van der Waals surface area contributed by atoms with E-state index in [-0.39, 0.29) is 63.6 Å². The predicted molar refractivity (Wildman–Crippen MR) is 229 cm³/mol. The Balaban J connectivity index is 0.000000169. The molecule has 4 aromatic carbocycles. The summed E-state index contributed by atoms with van der Waals surface area (Å²) >= 11 is 0. The van der Waals surface area contributed by atoms with E-state index in [0.29, 0.717) is 36.7 Å². The van der Waals surface area contributed by atoms with Crippen molar-refractivity contribution in [3.8, 4) is 0 Å². The third-order valence-corrected chi connectivity index (χ3v) is 12.4. The van der Waals surface area contributed by atoms with E-state index in [4.69, 9.17) is 0 Å². The van der Waals surface area contributed by atoms with Gasteiger partial charge >= 0.3 is 0 Å². The predicted octanol–water partition coefficient (Wildman–Crippen LogP) is 8.56. The molecule has 1 fully saturated rings. The summed E-state index contributed by atoms with van der Waals surface area (Å²) in [6.45, 7) is 8.84. The molecule has 6 aromatic rings. The number of carbonyl (C=O) groups is 2. The molecular formula is C49H44F4N4O4. The first-order valence-corrected chi connectivity index (χ1v) is 20.3. The van der Waals surface area contributed by atoms with Crippen molar-refractivity contribution in [2.24, 2.45) is 5.92 Å². The molecule has 2 N–H and O–H groups in total. The zero-order valence-corrected chi connectivity index (χ0v) is 34.2. The number of amides is 2. The van der Waals surface area contributed by atoms with Gasteiger partial charge in [-0.05, 0) is 115 Å². The molecule has 2 aromatic heterocycles. The standard InChI is InChI=1S/C25H22F2N2O2.C24H22F2N2O2/c1-13-5-3-4-6-16(13)18-9-15-10-21(18)29(12-15)22(30)11-17-14(2)23-20(28-25(17)31)8-7-19(26)24(23)27;1-14-6-3-4-8-17(14)16-7-5-11-28(13-16)21(29)12-18-15(2)22-20(27-24(18)30)10-9-19(25)23(22)26/h3-9,15,21H,10-12H2,1-2H3,(H,28,31);3-4,6-10H,5,11-13H2,1-2H3,(H,27,30)/t15?,21-;/m1./s1. The molecule has 2 aliphatic heterocycles. The number of aromatic nitrogens is 2. The average molecular weight is 829 g/mol. The molecule has 0 radical (unpaired) electrons. The summed E-state index contributed by atoms with van der Waals surface area (Å²) in [6.07, 6.45) is 5.69. The van der Waals surface area contributed by atoms with Crippen LogP contribution in [-0.4, -0.2) is 57.3 Å². The third-order valence-electron chi connectivity index (χ3n) is 12.4. The molecule has 312 valence electrons. The van der Waals surface area contributed by atoms with E-state index in [9.17, 15) is 36.7 Å². The minimum atomic E-state index is -1.02. The smallest absolute Gasteiger partial charge is 0.252 e. The summed E-state index contributed by atoms with van der Waals surface area (Å²) in [5, 5.41) is 0.0300. The quantitative estimate of drug-likeness (QED) is 0.164. The maximum atomic E-state index is 14.4. The van der Waals surface area contributed by atoms with Gasteiger partial charge in [-0.1, -0.05) is 60.7 Å². The van der Waals surface area contributed by atoms with Crippen molar-refractivity contribution in [1.29, 1.82) is 0 Å². The van der Waals surface area contributed by atoms with Gasteiger partial charge in [-0.3, -0.25) is 19.2 Å². The highest BCUT2D eigenvalue weighted by atomic mass is 19.2. The fourth-order valence-electron chi connectivity index (χ4n) is 9.20. The highest BCUT2D eigenvalue weighted by Gasteiger charge is 2.42. The lowest BCUT2D eigenvalue weighted by atomic mass is 9.95. The number of H-pyrrole nitrogens is 2. The Morgan fingerprint density at radius 3 is 1.75 bits per heavy atom. The van der Waals surface area contributed by atoms with Crippen LogP contribution in [0.3, 0.4) is 0 Å². The average Bonchev–Trinajstić information content (AvgIpc) is 3.86. The van der Waals surface area contributed by atoms with Gasteiger partial charge in [0.25, 0.3) is 11.1 Å². The summed E-state index contributed by atoms with van der Waals surface area (Å²) in [4.78, 5) is 60.1. The minimum absolute atomic E-state index is 0.0107. The van der Waals surface area contributed by atoms with Crippen LogP contribution in [0, 0.1) is 56.9 Å². The molecular weight excluding hydrogens is 785 g/mol. The normalized spacial score (nSPS) is 17.0. The number of hydrogen-bond donors (Lipinski definition) is 2. The summed E-state index contributed by atoms with van der Waals surface area (Å²) < 4.78 is 56.2. The number of pyridine rings is 2. The zero-order chi connectivity index (χ0) is 43.3. The number of nitrogens with zero attached hydrogens (tertiary/aromatic N) is 2. The first-order valence-electron chi connectivity index (χ1n) is 20.3. The van der Waals surface area contributed by atoms with Crippen LogP contribution in [0.25, 0.3) is 33.0 Å². The number of aromatic amines is 2. The van der Waals surface area contributed by atoms with E-state index in [1.165, 1.54) is 12.1 Å². The lowest BCUT2D eigenvalue weighted by Crippen LogP contribution is -2.39. The fourth-order valence-corrected chi connectivity index (χ4v) is 9.20. The molecule has 8 nitrogen and oxygen atoms in total. The number of hydrogen-bond acceptors (Lipinski definition) is 4. The van der Waals surface area contributed by atoms with Crippen LogP contribution in [0.1, 0.15) is 57.3 Å². The van der Waals surface area contributed by atoms with Gasteiger partial charge in [0, 0.05) is 41.5 Å². The van der Waals surface area contributed by atoms with Crippen LogP contribution in [0.15, 0.2) is 94.5 Å². The van der Waals surface area contributed by atoms with Crippen molar-refractivity contribution in [2.45, 2.75) is 59.4 Å².